The summed E-state index contributed by atoms with van der Waals surface area (Å²) in [6.45, 7) is 0.722. The highest BCUT2D eigenvalue weighted by Crippen LogP contribution is 2.25. The molecule has 1 fully saturated rings. The van der Waals surface area contributed by atoms with Crippen molar-refractivity contribution >= 4 is 11.7 Å². The number of hydrogen-bond acceptors (Lipinski definition) is 4. The highest BCUT2D eigenvalue weighted by Gasteiger charge is 2.24. The van der Waals surface area contributed by atoms with E-state index in [0.29, 0.717) is 12.1 Å². The van der Waals surface area contributed by atoms with E-state index in [4.69, 9.17) is 0 Å². The maximum atomic E-state index is 12.5. The molecule has 164 valence electrons. The first kappa shape index (κ1) is 21.7. The Morgan fingerprint density at radius 2 is 1.81 bits per heavy atom. The number of hydrazine groups is 1. The van der Waals surface area contributed by atoms with Gasteiger partial charge in [-0.1, -0.05) is 42.5 Å². The van der Waals surface area contributed by atoms with Crippen LogP contribution in [0.15, 0.2) is 48.5 Å². The van der Waals surface area contributed by atoms with Crippen LogP contribution in [0.3, 0.4) is 0 Å². The van der Waals surface area contributed by atoms with Gasteiger partial charge in [-0.3, -0.25) is 20.4 Å². The summed E-state index contributed by atoms with van der Waals surface area (Å²) in [6.07, 6.45) is 6.94. The molecule has 31 heavy (non-hydrogen) atoms. The quantitative estimate of drug-likeness (QED) is 0.604. The molecule has 2 aromatic rings. The zero-order valence-corrected chi connectivity index (χ0v) is 18.4. The maximum absolute atomic E-state index is 12.5. The molecule has 1 aliphatic carbocycles. The summed E-state index contributed by atoms with van der Waals surface area (Å²) >= 11 is 0. The number of carbonyl (C=O) groups is 2. The van der Waals surface area contributed by atoms with Gasteiger partial charge in [0.05, 0.1) is 0 Å². The molecule has 0 spiro atoms. The standard InChI is InChI=1S/C26H33N3O2/c1-29(16-6-11-23-18-24(28-27-23)20-7-3-2-4-8-20)26(31)15-14-25(30)22-13-12-19-9-5-10-21(19)17-22/h2-4,7-8,12-13,17,23-24,27-28H,5-6,9-11,14-16,18H2,1H3. The predicted molar refractivity (Wildman–Crippen MR) is 123 cm³/mol. The van der Waals surface area contributed by atoms with Crippen LogP contribution in [-0.4, -0.2) is 36.2 Å². The summed E-state index contributed by atoms with van der Waals surface area (Å²) in [7, 11) is 1.84. The summed E-state index contributed by atoms with van der Waals surface area (Å²) in [5.74, 6) is 0.124. The lowest BCUT2D eigenvalue weighted by Crippen LogP contribution is -2.32. The molecule has 2 unspecified atom stereocenters. The number of hydrogen-bond donors (Lipinski definition) is 2. The summed E-state index contributed by atoms with van der Waals surface area (Å²) in [5.41, 5.74) is 11.5. The molecule has 2 N–H and O–H groups in total. The number of aryl methyl sites for hydroxylation is 2. The highest BCUT2D eigenvalue weighted by atomic mass is 16.2. The van der Waals surface area contributed by atoms with E-state index in [1.807, 2.05) is 25.2 Å². The van der Waals surface area contributed by atoms with E-state index in [9.17, 15) is 9.59 Å². The van der Waals surface area contributed by atoms with Crippen LogP contribution in [0.2, 0.25) is 0 Å². The number of fused-ring (bicyclic) bond motifs is 1. The van der Waals surface area contributed by atoms with Crippen molar-refractivity contribution in [2.75, 3.05) is 13.6 Å². The van der Waals surface area contributed by atoms with Crippen LogP contribution in [-0.2, 0) is 17.6 Å². The van der Waals surface area contributed by atoms with Crippen LogP contribution in [0.5, 0.6) is 0 Å². The van der Waals surface area contributed by atoms with Crippen molar-refractivity contribution in [1.82, 2.24) is 15.8 Å². The average Bonchev–Trinajstić information content (AvgIpc) is 3.46. The van der Waals surface area contributed by atoms with Crippen LogP contribution in [0, 0.1) is 0 Å². The molecule has 2 aromatic carbocycles. The molecule has 0 saturated carbocycles. The minimum Gasteiger partial charge on any atom is -0.346 e. The van der Waals surface area contributed by atoms with E-state index in [1.54, 1.807) is 4.90 Å². The molecule has 2 atom stereocenters. The molecule has 2 aliphatic rings. The Balaban J connectivity index is 1.15. The van der Waals surface area contributed by atoms with Crippen molar-refractivity contribution in [3.8, 4) is 0 Å². The number of nitrogens with zero attached hydrogens (tertiary/aromatic N) is 1. The summed E-state index contributed by atoms with van der Waals surface area (Å²) < 4.78 is 0. The SMILES string of the molecule is CN(CCCC1CC(c2ccccc2)NN1)C(=O)CCC(=O)c1ccc2c(c1)CCC2. The topological polar surface area (TPSA) is 61.4 Å². The maximum Gasteiger partial charge on any atom is 0.222 e. The fourth-order valence-electron chi connectivity index (χ4n) is 4.72. The monoisotopic (exact) mass is 419 g/mol. The molecular formula is C26H33N3O2. The molecule has 1 heterocycles. The lowest BCUT2D eigenvalue weighted by molar-refractivity contribution is -0.129. The molecule has 1 saturated heterocycles. The van der Waals surface area contributed by atoms with Crippen molar-refractivity contribution in [2.45, 2.75) is 63.5 Å². The Labute approximate surface area is 185 Å². The lowest BCUT2D eigenvalue weighted by Gasteiger charge is -2.18. The Morgan fingerprint density at radius 1 is 1.00 bits per heavy atom. The number of amides is 1. The van der Waals surface area contributed by atoms with Crippen molar-refractivity contribution in [1.29, 1.82) is 0 Å². The summed E-state index contributed by atoms with van der Waals surface area (Å²) in [6, 6.07) is 17.3. The molecule has 1 aliphatic heterocycles. The zero-order valence-electron chi connectivity index (χ0n) is 18.4. The number of rotatable bonds is 9. The van der Waals surface area contributed by atoms with E-state index in [0.717, 1.165) is 44.2 Å². The van der Waals surface area contributed by atoms with Gasteiger partial charge in [0, 0.05) is 44.1 Å². The Bertz CT molecular complexity index is 912. The first-order valence-electron chi connectivity index (χ1n) is 11.5. The van der Waals surface area contributed by atoms with Gasteiger partial charge in [-0.05, 0) is 61.3 Å². The first-order valence-corrected chi connectivity index (χ1v) is 11.5. The molecule has 0 aromatic heterocycles. The highest BCUT2D eigenvalue weighted by molar-refractivity contribution is 5.98. The van der Waals surface area contributed by atoms with E-state index < -0.39 is 0 Å². The normalized spacial score (nSPS) is 19.9. The lowest BCUT2D eigenvalue weighted by atomic mass is 9.99. The number of nitrogens with one attached hydrogen (secondary N) is 2. The van der Waals surface area contributed by atoms with Gasteiger partial charge in [0.25, 0.3) is 0 Å². The molecule has 0 bridgehead atoms. The summed E-state index contributed by atoms with van der Waals surface area (Å²) in [5, 5.41) is 0. The molecule has 5 heteroatoms. The summed E-state index contributed by atoms with van der Waals surface area (Å²) in [4.78, 5) is 26.8. The van der Waals surface area contributed by atoms with Gasteiger partial charge in [-0.25, -0.2) is 0 Å². The smallest absolute Gasteiger partial charge is 0.222 e. The Hall–Kier alpha value is -2.50. The van der Waals surface area contributed by atoms with Gasteiger partial charge in [-0.15, -0.1) is 0 Å². The van der Waals surface area contributed by atoms with Crippen molar-refractivity contribution in [3.05, 3.63) is 70.8 Å². The molecule has 1 amide bonds. The third-order valence-corrected chi connectivity index (χ3v) is 6.64. The first-order chi connectivity index (χ1) is 15.1. The minimum atomic E-state index is 0.0502. The Kier molecular flexibility index (Phi) is 7.15. The van der Waals surface area contributed by atoms with Crippen LogP contribution in [0.1, 0.15) is 71.6 Å². The van der Waals surface area contributed by atoms with Crippen LogP contribution in [0.4, 0.5) is 0 Å². The number of Topliss-reactive ketones (excluding diaryl/α,β-unsaturated/α-hetero) is 1. The number of ketones is 1. The molecule has 4 rings (SSSR count). The third kappa shape index (κ3) is 5.60. The minimum absolute atomic E-state index is 0.0502. The van der Waals surface area contributed by atoms with E-state index >= 15 is 0 Å². The van der Waals surface area contributed by atoms with Crippen LogP contribution in [0.25, 0.3) is 0 Å². The van der Waals surface area contributed by atoms with Crippen molar-refractivity contribution in [3.63, 3.8) is 0 Å². The molecular weight excluding hydrogens is 386 g/mol. The van der Waals surface area contributed by atoms with E-state index in [2.05, 4.69) is 41.2 Å². The molecule has 5 nitrogen and oxygen atoms in total. The van der Waals surface area contributed by atoms with Gasteiger partial charge in [0.1, 0.15) is 0 Å². The zero-order chi connectivity index (χ0) is 21.6. The second-order valence-electron chi connectivity index (χ2n) is 8.90. The number of benzene rings is 2. The number of carbonyl (C=O) groups excluding carboxylic acids is 2. The second-order valence-corrected chi connectivity index (χ2v) is 8.90. The average molecular weight is 420 g/mol. The fraction of sp³-hybridized carbons (Fsp3) is 0.462. The largest absolute Gasteiger partial charge is 0.346 e. The van der Waals surface area contributed by atoms with Crippen LogP contribution >= 0.6 is 0 Å². The molecule has 0 radical (unpaired) electrons. The fourth-order valence-corrected chi connectivity index (χ4v) is 4.72. The van der Waals surface area contributed by atoms with Gasteiger partial charge in [-0.2, -0.15) is 0 Å². The van der Waals surface area contributed by atoms with Gasteiger partial charge in [0.15, 0.2) is 5.78 Å². The Morgan fingerprint density at radius 3 is 2.65 bits per heavy atom. The van der Waals surface area contributed by atoms with Gasteiger partial charge >= 0.3 is 0 Å². The van der Waals surface area contributed by atoms with E-state index in [1.165, 1.54) is 23.1 Å². The van der Waals surface area contributed by atoms with Crippen molar-refractivity contribution in [2.24, 2.45) is 0 Å². The van der Waals surface area contributed by atoms with Crippen LogP contribution < -0.4 is 10.9 Å². The van der Waals surface area contributed by atoms with Crippen molar-refractivity contribution < 1.29 is 9.59 Å². The van der Waals surface area contributed by atoms with E-state index in [-0.39, 0.29) is 24.5 Å². The van der Waals surface area contributed by atoms with Gasteiger partial charge < -0.3 is 4.90 Å². The predicted octanol–water partition coefficient (Wildman–Crippen LogP) is 3.98. The van der Waals surface area contributed by atoms with Gasteiger partial charge in [0.2, 0.25) is 5.91 Å². The third-order valence-electron chi connectivity index (χ3n) is 6.64. The second kappa shape index (κ2) is 10.2.